The molecule has 0 spiro atoms. The number of carbonyl (C=O) groups excluding carboxylic acids is 1. The summed E-state index contributed by atoms with van der Waals surface area (Å²) in [4.78, 5) is 12.0. The molecule has 0 radical (unpaired) electrons. The van der Waals surface area contributed by atoms with E-state index < -0.39 is 6.10 Å². The van der Waals surface area contributed by atoms with Gasteiger partial charge >= 0.3 is 0 Å². The van der Waals surface area contributed by atoms with Gasteiger partial charge in [-0.15, -0.1) is 0 Å². The van der Waals surface area contributed by atoms with Gasteiger partial charge in [-0.25, -0.2) is 0 Å². The van der Waals surface area contributed by atoms with Crippen molar-refractivity contribution in [1.82, 2.24) is 0 Å². The van der Waals surface area contributed by atoms with Crippen LogP contribution < -0.4 is 10.1 Å². The summed E-state index contributed by atoms with van der Waals surface area (Å²) < 4.78 is 5.52. The number of nitrogens with one attached hydrogen (secondary N) is 1. The van der Waals surface area contributed by atoms with Crippen molar-refractivity contribution in [3.05, 3.63) is 59.1 Å². The average Bonchev–Trinajstić information content (AvgIpc) is 2.49. The maximum absolute atomic E-state index is 12.0. The van der Waals surface area contributed by atoms with Crippen LogP contribution in [-0.4, -0.2) is 12.0 Å². The number of nitriles is 1. The Morgan fingerprint density at radius 2 is 2.00 bits per heavy atom. The lowest BCUT2D eigenvalue weighted by Crippen LogP contribution is -2.30. The SMILES string of the molecule is CC(Oc1ccc(Cl)cc1)C(=O)Nc1cccc(C#N)c1. The second kappa shape index (κ2) is 6.78. The van der Waals surface area contributed by atoms with Crippen LogP contribution in [0.2, 0.25) is 5.02 Å². The van der Waals surface area contributed by atoms with Crippen molar-refractivity contribution < 1.29 is 9.53 Å². The van der Waals surface area contributed by atoms with Crippen molar-refractivity contribution in [1.29, 1.82) is 5.26 Å². The molecule has 0 heterocycles. The van der Waals surface area contributed by atoms with Crippen LogP contribution in [0, 0.1) is 11.3 Å². The number of ether oxygens (including phenoxy) is 1. The monoisotopic (exact) mass is 300 g/mol. The second-order valence-electron chi connectivity index (χ2n) is 4.40. The van der Waals surface area contributed by atoms with Gasteiger partial charge in [-0.3, -0.25) is 4.79 Å². The first-order valence-corrected chi connectivity index (χ1v) is 6.69. The number of rotatable bonds is 4. The number of carbonyl (C=O) groups is 1. The van der Waals surface area contributed by atoms with Crippen molar-refractivity contribution in [2.75, 3.05) is 5.32 Å². The summed E-state index contributed by atoms with van der Waals surface area (Å²) >= 11 is 5.79. The molecule has 0 saturated carbocycles. The average molecular weight is 301 g/mol. The number of benzene rings is 2. The summed E-state index contributed by atoms with van der Waals surface area (Å²) in [6.07, 6.45) is -0.670. The van der Waals surface area contributed by atoms with E-state index in [1.165, 1.54) is 0 Å². The molecule has 4 nitrogen and oxygen atoms in total. The van der Waals surface area contributed by atoms with Crippen LogP contribution in [0.25, 0.3) is 0 Å². The Morgan fingerprint density at radius 3 is 2.67 bits per heavy atom. The number of nitrogens with zero attached hydrogens (tertiary/aromatic N) is 1. The third-order valence-corrected chi connectivity index (χ3v) is 3.01. The van der Waals surface area contributed by atoms with Crippen LogP contribution in [0.15, 0.2) is 48.5 Å². The van der Waals surface area contributed by atoms with Gasteiger partial charge in [0.1, 0.15) is 5.75 Å². The first kappa shape index (κ1) is 14.9. The molecule has 106 valence electrons. The molecule has 0 aliphatic carbocycles. The van der Waals surface area contributed by atoms with Gasteiger partial charge in [0.25, 0.3) is 5.91 Å². The van der Waals surface area contributed by atoms with E-state index in [4.69, 9.17) is 21.6 Å². The van der Waals surface area contributed by atoms with Crippen LogP contribution in [0.1, 0.15) is 12.5 Å². The molecule has 1 N–H and O–H groups in total. The highest BCUT2D eigenvalue weighted by molar-refractivity contribution is 6.30. The highest BCUT2D eigenvalue weighted by Gasteiger charge is 2.15. The van der Waals surface area contributed by atoms with E-state index >= 15 is 0 Å². The number of hydrogen-bond donors (Lipinski definition) is 1. The molecule has 1 atom stereocenters. The predicted octanol–water partition coefficient (Wildman–Crippen LogP) is 3.62. The fraction of sp³-hybridized carbons (Fsp3) is 0.125. The zero-order chi connectivity index (χ0) is 15.2. The van der Waals surface area contributed by atoms with Gasteiger partial charge in [0.05, 0.1) is 11.6 Å². The van der Waals surface area contributed by atoms with Gasteiger partial charge in [-0.2, -0.15) is 5.26 Å². The zero-order valence-electron chi connectivity index (χ0n) is 11.3. The Morgan fingerprint density at radius 1 is 1.29 bits per heavy atom. The molecule has 0 saturated heterocycles. The third-order valence-electron chi connectivity index (χ3n) is 2.75. The Hall–Kier alpha value is -2.51. The molecule has 2 aromatic carbocycles. The normalized spacial score (nSPS) is 11.3. The molecule has 2 rings (SSSR count). The Kier molecular flexibility index (Phi) is 4.81. The second-order valence-corrected chi connectivity index (χ2v) is 4.83. The van der Waals surface area contributed by atoms with Crippen LogP contribution >= 0.6 is 11.6 Å². The number of hydrogen-bond acceptors (Lipinski definition) is 3. The molecule has 1 amide bonds. The van der Waals surface area contributed by atoms with Gasteiger partial charge in [0.15, 0.2) is 6.10 Å². The molecule has 5 heteroatoms. The first-order chi connectivity index (χ1) is 10.1. The third kappa shape index (κ3) is 4.23. The molecule has 0 aliphatic heterocycles. The lowest BCUT2D eigenvalue weighted by molar-refractivity contribution is -0.122. The minimum Gasteiger partial charge on any atom is -0.481 e. The summed E-state index contributed by atoms with van der Waals surface area (Å²) in [6.45, 7) is 1.65. The van der Waals surface area contributed by atoms with Crippen molar-refractivity contribution in [3.63, 3.8) is 0 Å². The van der Waals surface area contributed by atoms with Crippen LogP contribution in [0.3, 0.4) is 0 Å². The van der Waals surface area contributed by atoms with Crippen molar-refractivity contribution >= 4 is 23.2 Å². The Bertz CT molecular complexity index is 677. The molecule has 0 aromatic heterocycles. The molecular formula is C16H13ClN2O2. The van der Waals surface area contributed by atoms with Gasteiger partial charge in [0, 0.05) is 10.7 Å². The molecule has 21 heavy (non-hydrogen) atoms. The van der Waals surface area contributed by atoms with Gasteiger partial charge in [-0.1, -0.05) is 17.7 Å². The minimum atomic E-state index is -0.670. The summed E-state index contributed by atoms with van der Waals surface area (Å²) in [5.41, 5.74) is 1.05. The van der Waals surface area contributed by atoms with Gasteiger partial charge in [-0.05, 0) is 49.4 Å². The summed E-state index contributed by atoms with van der Waals surface area (Å²) in [5.74, 6) is 0.271. The maximum atomic E-state index is 12.0. The van der Waals surface area contributed by atoms with E-state index in [1.54, 1.807) is 55.5 Å². The molecule has 0 bridgehead atoms. The van der Waals surface area contributed by atoms with Crippen LogP contribution in [0.5, 0.6) is 5.75 Å². The van der Waals surface area contributed by atoms with E-state index in [2.05, 4.69) is 5.32 Å². The van der Waals surface area contributed by atoms with E-state index in [9.17, 15) is 4.79 Å². The molecular weight excluding hydrogens is 288 g/mol. The van der Waals surface area contributed by atoms with E-state index in [-0.39, 0.29) is 5.91 Å². The standard InChI is InChI=1S/C16H13ClN2O2/c1-11(21-15-7-5-13(17)6-8-15)16(20)19-14-4-2-3-12(9-14)10-18/h2-9,11H,1H3,(H,19,20). The topological polar surface area (TPSA) is 62.1 Å². The minimum absolute atomic E-state index is 0.292. The summed E-state index contributed by atoms with van der Waals surface area (Å²) in [5, 5.41) is 12.1. The van der Waals surface area contributed by atoms with Crippen molar-refractivity contribution in [2.24, 2.45) is 0 Å². The predicted molar refractivity (Wildman–Crippen MR) is 81.3 cm³/mol. The van der Waals surface area contributed by atoms with Gasteiger partial charge < -0.3 is 10.1 Å². The molecule has 0 fully saturated rings. The zero-order valence-corrected chi connectivity index (χ0v) is 12.1. The summed E-state index contributed by atoms with van der Waals surface area (Å²) in [6, 6.07) is 15.5. The van der Waals surface area contributed by atoms with E-state index in [0.717, 1.165) is 0 Å². The largest absolute Gasteiger partial charge is 0.481 e. The Labute approximate surface area is 127 Å². The smallest absolute Gasteiger partial charge is 0.265 e. The van der Waals surface area contributed by atoms with Crippen molar-refractivity contribution in [3.8, 4) is 11.8 Å². The highest BCUT2D eigenvalue weighted by Crippen LogP contribution is 2.17. The number of amides is 1. The van der Waals surface area contributed by atoms with Crippen molar-refractivity contribution in [2.45, 2.75) is 13.0 Å². The fourth-order valence-corrected chi connectivity index (χ4v) is 1.81. The molecule has 2 aromatic rings. The quantitative estimate of drug-likeness (QED) is 0.938. The number of halogens is 1. The Balaban J connectivity index is 1.99. The fourth-order valence-electron chi connectivity index (χ4n) is 1.68. The number of anilines is 1. The van der Waals surface area contributed by atoms with Crippen LogP contribution in [0.4, 0.5) is 5.69 Å². The maximum Gasteiger partial charge on any atom is 0.265 e. The van der Waals surface area contributed by atoms with E-state index in [0.29, 0.717) is 22.0 Å². The lowest BCUT2D eigenvalue weighted by atomic mass is 10.2. The molecule has 1 unspecified atom stereocenters. The highest BCUT2D eigenvalue weighted by atomic mass is 35.5. The first-order valence-electron chi connectivity index (χ1n) is 6.32. The van der Waals surface area contributed by atoms with Gasteiger partial charge in [0.2, 0.25) is 0 Å². The van der Waals surface area contributed by atoms with Crippen LogP contribution in [-0.2, 0) is 4.79 Å². The van der Waals surface area contributed by atoms with E-state index in [1.807, 2.05) is 6.07 Å². The lowest BCUT2D eigenvalue weighted by Gasteiger charge is -2.14. The molecule has 0 aliphatic rings. The summed E-state index contributed by atoms with van der Waals surface area (Å²) in [7, 11) is 0.